The summed E-state index contributed by atoms with van der Waals surface area (Å²) in [4.78, 5) is 4.30. The summed E-state index contributed by atoms with van der Waals surface area (Å²) < 4.78 is 5.69. The summed E-state index contributed by atoms with van der Waals surface area (Å²) in [5, 5.41) is 1.73. The number of aromatic nitrogens is 1. The van der Waals surface area contributed by atoms with Gasteiger partial charge in [0, 0.05) is 16.6 Å². The zero-order valence-electron chi connectivity index (χ0n) is 11.4. The Balaban J connectivity index is 1.73. The maximum Gasteiger partial charge on any atom is 0.120 e. The molecule has 0 aliphatic carbocycles. The van der Waals surface area contributed by atoms with Gasteiger partial charge in [-0.2, -0.15) is 0 Å². The summed E-state index contributed by atoms with van der Waals surface area (Å²) in [5.41, 5.74) is 8.18. The zero-order valence-corrected chi connectivity index (χ0v) is 12.1. The molecule has 3 nitrogen and oxygen atoms in total. The van der Waals surface area contributed by atoms with E-state index in [4.69, 9.17) is 22.1 Å². The Morgan fingerprint density at radius 2 is 2.00 bits per heavy atom. The fourth-order valence-electron chi connectivity index (χ4n) is 2.16. The minimum absolute atomic E-state index is 0.200. The molecular weight excluding hydrogens is 284 g/mol. The maximum absolute atomic E-state index is 6.19. The van der Waals surface area contributed by atoms with Gasteiger partial charge in [0.25, 0.3) is 0 Å². The largest absolute Gasteiger partial charge is 0.492 e. The number of halogens is 1. The first-order chi connectivity index (χ1) is 10.2. The van der Waals surface area contributed by atoms with Gasteiger partial charge in [0.2, 0.25) is 0 Å². The topological polar surface area (TPSA) is 48.1 Å². The fraction of sp³-hybridized carbons (Fsp3) is 0.118. The lowest BCUT2D eigenvalue weighted by Crippen LogP contribution is -2.18. The second-order valence-electron chi connectivity index (χ2n) is 4.83. The molecule has 2 N–H and O–H groups in total. The normalized spacial score (nSPS) is 12.3. The van der Waals surface area contributed by atoms with E-state index in [0.717, 1.165) is 22.2 Å². The predicted molar refractivity (Wildman–Crippen MR) is 85.6 cm³/mol. The molecule has 1 aromatic heterocycles. The van der Waals surface area contributed by atoms with Crippen molar-refractivity contribution in [1.29, 1.82) is 0 Å². The molecule has 1 heterocycles. The molecule has 0 saturated carbocycles. The molecule has 106 valence electrons. The van der Waals surface area contributed by atoms with E-state index in [1.807, 2.05) is 48.5 Å². The van der Waals surface area contributed by atoms with Crippen LogP contribution < -0.4 is 10.5 Å². The quantitative estimate of drug-likeness (QED) is 0.793. The summed E-state index contributed by atoms with van der Waals surface area (Å²) in [6.45, 7) is 0.395. The van der Waals surface area contributed by atoms with E-state index in [9.17, 15) is 0 Å². The summed E-state index contributed by atoms with van der Waals surface area (Å²) in [5.74, 6) is 0.723. The molecule has 0 saturated heterocycles. The van der Waals surface area contributed by atoms with Gasteiger partial charge in [-0.05, 0) is 42.0 Å². The van der Waals surface area contributed by atoms with E-state index >= 15 is 0 Å². The highest BCUT2D eigenvalue weighted by Gasteiger charge is 2.08. The smallest absolute Gasteiger partial charge is 0.120 e. The third-order valence-corrected chi connectivity index (χ3v) is 3.52. The third kappa shape index (κ3) is 3.32. The molecule has 4 heteroatoms. The average Bonchev–Trinajstić information content (AvgIpc) is 2.52. The van der Waals surface area contributed by atoms with Gasteiger partial charge in [0.1, 0.15) is 12.4 Å². The first-order valence-corrected chi connectivity index (χ1v) is 7.09. The van der Waals surface area contributed by atoms with Crippen molar-refractivity contribution >= 4 is 22.5 Å². The Labute approximate surface area is 128 Å². The van der Waals surface area contributed by atoms with Gasteiger partial charge in [-0.15, -0.1) is 0 Å². The van der Waals surface area contributed by atoms with Crippen LogP contribution in [0.2, 0.25) is 5.02 Å². The molecule has 0 fully saturated rings. The van der Waals surface area contributed by atoms with Crippen LogP contribution in [-0.4, -0.2) is 11.6 Å². The Hall–Kier alpha value is -2.10. The summed E-state index contributed by atoms with van der Waals surface area (Å²) >= 11 is 5.92. The van der Waals surface area contributed by atoms with Gasteiger partial charge < -0.3 is 10.5 Å². The molecule has 0 aliphatic rings. The highest BCUT2D eigenvalue weighted by Crippen LogP contribution is 2.21. The second-order valence-corrected chi connectivity index (χ2v) is 5.27. The predicted octanol–water partition coefficient (Wildman–Crippen LogP) is 3.97. The number of ether oxygens (including phenoxy) is 1. The number of pyridine rings is 1. The molecule has 0 radical (unpaired) electrons. The van der Waals surface area contributed by atoms with Crippen LogP contribution in [0.1, 0.15) is 11.6 Å². The van der Waals surface area contributed by atoms with Gasteiger partial charge in [0.05, 0.1) is 11.6 Å². The number of rotatable bonds is 4. The lowest BCUT2D eigenvalue weighted by Gasteiger charge is -2.14. The molecule has 0 aliphatic heterocycles. The standard InChI is InChI=1S/C17H15ClN2O/c18-14-4-1-5-15(10-14)21-11-16(19)12-6-7-17-13(9-12)3-2-8-20-17/h1-10,16H,11,19H2. The lowest BCUT2D eigenvalue weighted by molar-refractivity contribution is 0.291. The fourth-order valence-corrected chi connectivity index (χ4v) is 2.34. The third-order valence-electron chi connectivity index (χ3n) is 3.28. The van der Waals surface area contributed by atoms with Gasteiger partial charge in [-0.1, -0.05) is 29.8 Å². The number of nitrogens with zero attached hydrogens (tertiary/aromatic N) is 1. The van der Waals surface area contributed by atoms with Crippen molar-refractivity contribution in [3.63, 3.8) is 0 Å². The van der Waals surface area contributed by atoms with Crippen molar-refractivity contribution in [3.05, 3.63) is 71.4 Å². The lowest BCUT2D eigenvalue weighted by atomic mass is 10.1. The van der Waals surface area contributed by atoms with E-state index in [-0.39, 0.29) is 6.04 Å². The minimum atomic E-state index is -0.200. The number of fused-ring (bicyclic) bond motifs is 1. The summed E-state index contributed by atoms with van der Waals surface area (Å²) in [7, 11) is 0. The van der Waals surface area contributed by atoms with Crippen LogP contribution in [0, 0.1) is 0 Å². The first-order valence-electron chi connectivity index (χ1n) is 6.71. The molecule has 0 spiro atoms. The van der Waals surface area contributed by atoms with Gasteiger partial charge >= 0.3 is 0 Å². The highest BCUT2D eigenvalue weighted by atomic mass is 35.5. The van der Waals surface area contributed by atoms with Gasteiger partial charge in [-0.3, -0.25) is 4.98 Å². The summed E-state index contributed by atoms with van der Waals surface area (Å²) in [6, 6.07) is 17.1. The average molecular weight is 299 g/mol. The van der Waals surface area contributed by atoms with Crippen LogP contribution in [0.3, 0.4) is 0 Å². The van der Waals surface area contributed by atoms with Crippen molar-refractivity contribution in [3.8, 4) is 5.75 Å². The number of hydrogen-bond donors (Lipinski definition) is 1. The van der Waals surface area contributed by atoms with Crippen molar-refractivity contribution in [2.24, 2.45) is 5.73 Å². The van der Waals surface area contributed by atoms with E-state index < -0.39 is 0 Å². The van der Waals surface area contributed by atoms with Crippen LogP contribution in [-0.2, 0) is 0 Å². The van der Waals surface area contributed by atoms with E-state index in [2.05, 4.69) is 4.98 Å². The first kappa shape index (κ1) is 13.9. The molecule has 21 heavy (non-hydrogen) atoms. The van der Waals surface area contributed by atoms with Crippen LogP contribution in [0.5, 0.6) is 5.75 Å². The van der Waals surface area contributed by atoms with Gasteiger partial charge in [-0.25, -0.2) is 0 Å². The highest BCUT2D eigenvalue weighted by molar-refractivity contribution is 6.30. The van der Waals surface area contributed by atoms with Crippen molar-refractivity contribution in [2.45, 2.75) is 6.04 Å². The number of nitrogens with two attached hydrogens (primary N) is 1. The number of hydrogen-bond acceptors (Lipinski definition) is 3. The monoisotopic (exact) mass is 298 g/mol. The van der Waals surface area contributed by atoms with Crippen LogP contribution in [0.25, 0.3) is 10.9 Å². The van der Waals surface area contributed by atoms with E-state index in [1.165, 1.54) is 0 Å². The molecule has 0 bridgehead atoms. The van der Waals surface area contributed by atoms with E-state index in [0.29, 0.717) is 11.6 Å². The Morgan fingerprint density at radius 1 is 1.10 bits per heavy atom. The SMILES string of the molecule is NC(COc1cccc(Cl)c1)c1ccc2ncccc2c1. The molecule has 3 rings (SSSR count). The molecule has 0 amide bonds. The molecule has 1 atom stereocenters. The maximum atomic E-state index is 6.19. The van der Waals surface area contributed by atoms with E-state index in [1.54, 1.807) is 12.3 Å². The van der Waals surface area contributed by atoms with Crippen molar-refractivity contribution in [1.82, 2.24) is 4.98 Å². The van der Waals surface area contributed by atoms with Gasteiger partial charge in [0.15, 0.2) is 0 Å². The Bertz CT molecular complexity index is 760. The molecule has 2 aromatic carbocycles. The summed E-state index contributed by atoms with van der Waals surface area (Å²) in [6.07, 6.45) is 1.78. The van der Waals surface area contributed by atoms with Crippen LogP contribution in [0.4, 0.5) is 0 Å². The minimum Gasteiger partial charge on any atom is -0.492 e. The van der Waals surface area contributed by atoms with Crippen LogP contribution >= 0.6 is 11.6 Å². The molecule has 3 aromatic rings. The van der Waals surface area contributed by atoms with Crippen molar-refractivity contribution in [2.75, 3.05) is 6.61 Å². The van der Waals surface area contributed by atoms with Crippen molar-refractivity contribution < 1.29 is 4.74 Å². The molecular formula is C17H15ClN2O. The Morgan fingerprint density at radius 3 is 2.86 bits per heavy atom. The number of benzene rings is 2. The second kappa shape index (κ2) is 6.12. The zero-order chi connectivity index (χ0) is 14.7. The Kier molecular flexibility index (Phi) is 4.04. The molecule has 1 unspecified atom stereocenters. The van der Waals surface area contributed by atoms with Crippen LogP contribution in [0.15, 0.2) is 60.8 Å².